The Labute approximate surface area is 90.8 Å². The molecule has 0 atom stereocenters. The number of aliphatic imine (C=N–C) groups is 1. The van der Waals surface area contributed by atoms with Crippen LogP contribution in [0.1, 0.15) is 11.1 Å². The van der Waals surface area contributed by atoms with Crippen LogP contribution in [-0.4, -0.2) is 31.0 Å². The number of guanidine groups is 1. The van der Waals surface area contributed by atoms with Gasteiger partial charge in [-0.2, -0.15) is 0 Å². The lowest BCUT2D eigenvalue weighted by molar-refractivity contribution is 0.534. The molecule has 0 bridgehead atoms. The maximum Gasteiger partial charge on any atom is 0.194 e. The molecule has 0 fully saturated rings. The molecule has 1 aliphatic heterocycles. The van der Waals surface area contributed by atoms with Gasteiger partial charge in [0.2, 0.25) is 0 Å². The predicted molar refractivity (Wildman–Crippen MR) is 63.0 cm³/mol. The van der Waals surface area contributed by atoms with E-state index < -0.39 is 0 Å². The van der Waals surface area contributed by atoms with Crippen LogP contribution in [0.2, 0.25) is 0 Å². The number of hydrogen-bond acceptors (Lipinski definition) is 3. The maximum atomic E-state index is 4.39. The van der Waals surface area contributed by atoms with Gasteiger partial charge in [-0.15, -0.1) is 0 Å². The molecule has 1 heterocycles. The van der Waals surface area contributed by atoms with Gasteiger partial charge in [-0.3, -0.25) is 4.99 Å². The minimum atomic E-state index is 0.852. The molecule has 3 heteroatoms. The zero-order valence-electron chi connectivity index (χ0n) is 9.33. The van der Waals surface area contributed by atoms with Crippen LogP contribution in [0.4, 0.5) is 0 Å². The van der Waals surface area contributed by atoms with Crippen molar-refractivity contribution in [3.8, 4) is 0 Å². The van der Waals surface area contributed by atoms with E-state index in [9.17, 15) is 0 Å². The standard InChI is InChI=1S/C12H17N3/c1-10-4-3-5-11(8-10)9-14-12-13-6-7-15(12)2/h3-5,8H,6-7,9H2,1-2H3,(H,13,14). The van der Waals surface area contributed by atoms with Gasteiger partial charge in [0.25, 0.3) is 0 Å². The lowest BCUT2D eigenvalue weighted by Crippen LogP contribution is -2.35. The van der Waals surface area contributed by atoms with Crippen molar-refractivity contribution >= 4 is 5.96 Å². The highest BCUT2D eigenvalue weighted by Crippen LogP contribution is 2.04. The number of rotatable bonds is 2. The van der Waals surface area contributed by atoms with Crippen LogP contribution in [-0.2, 0) is 6.54 Å². The van der Waals surface area contributed by atoms with Gasteiger partial charge in [-0.25, -0.2) is 0 Å². The normalized spacial score (nSPS) is 15.3. The van der Waals surface area contributed by atoms with Crippen LogP contribution in [0.3, 0.4) is 0 Å². The van der Waals surface area contributed by atoms with Crippen molar-refractivity contribution < 1.29 is 0 Å². The second-order valence-electron chi connectivity index (χ2n) is 3.97. The Balaban J connectivity index is 1.93. The molecule has 0 saturated heterocycles. The summed E-state index contributed by atoms with van der Waals surface area (Å²) in [6.07, 6.45) is 0. The van der Waals surface area contributed by atoms with Crippen molar-refractivity contribution in [2.75, 3.05) is 20.1 Å². The van der Waals surface area contributed by atoms with Gasteiger partial charge >= 0.3 is 0 Å². The number of hydrogen-bond donors (Lipinski definition) is 1. The number of benzene rings is 1. The number of aryl methyl sites for hydroxylation is 1. The third kappa shape index (κ3) is 2.49. The summed E-state index contributed by atoms with van der Waals surface area (Å²) < 4.78 is 0. The average Bonchev–Trinajstić information content (AvgIpc) is 2.61. The molecule has 0 aromatic heterocycles. The minimum absolute atomic E-state index is 0.852. The minimum Gasteiger partial charge on any atom is -0.352 e. The Morgan fingerprint density at radius 2 is 2.33 bits per heavy atom. The summed E-state index contributed by atoms with van der Waals surface area (Å²) in [4.78, 5) is 6.53. The van der Waals surface area contributed by atoms with Crippen molar-refractivity contribution in [2.45, 2.75) is 13.5 Å². The highest BCUT2D eigenvalue weighted by molar-refractivity contribution is 5.81. The molecule has 1 N–H and O–H groups in total. The summed E-state index contributed by atoms with van der Waals surface area (Å²) in [5.74, 6) is 1.01. The van der Waals surface area contributed by atoms with E-state index in [0.717, 1.165) is 25.6 Å². The Bertz CT molecular complexity index is 371. The van der Waals surface area contributed by atoms with Gasteiger partial charge in [0, 0.05) is 20.1 Å². The molecule has 0 aliphatic carbocycles. The average molecular weight is 203 g/mol. The smallest absolute Gasteiger partial charge is 0.194 e. The molecular weight excluding hydrogens is 186 g/mol. The van der Waals surface area contributed by atoms with E-state index in [4.69, 9.17) is 0 Å². The summed E-state index contributed by atoms with van der Waals surface area (Å²) in [5.41, 5.74) is 2.61. The fourth-order valence-electron chi connectivity index (χ4n) is 1.73. The molecular formula is C12H17N3. The molecule has 2 rings (SSSR count). The summed E-state index contributed by atoms with van der Waals surface area (Å²) >= 11 is 0. The molecule has 0 saturated carbocycles. The summed E-state index contributed by atoms with van der Waals surface area (Å²) in [6, 6.07) is 8.53. The van der Waals surface area contributed by atoms with Crippen LogP contribution in [0, 0.1) is 6.92 Å². The second kappa shape index (κ2) is 4.34. The number of likely N-dealkylation sites (N-methyl/N-ethyl adjacent to an activating group) is 1. The zero-order valence-corrected chi connectivity index (χ0v) is 9.33. The first-order valence-corrected chi connectivity index (χ1v) is 5.31. The fourth-order valence-corrected chi connectivity index (χ4v) is 1.73. The molecule has 0 amide bonds. The topological polar surface area (TPSA) is 27.6 Å². The van der Waals surface area contributed by atoms with Crippen molar-refractivity contribution in [1.29, 1.82) is 0 Å². The van der Waals surface area contributed by atoms with E-state index in [-0.39, 0.29) is 0 Å². The van der Waals surface area contributed by atoms with E-state index in [1.54, 1.807) is 0 Å². The van der Waals surface area contributed by atoms with E-state index in [1.807, 2.05) is 0 Å². The van der Waals surface area contributed by atoms with Crippen LogP contribution in [0.5, 0.6) is 0 Å². The lowest BCUT2D eigenvalue weighted by atomic mass is 10.1. The van der Waals surface area contributed by atoms with E-state index in [0.29, 0.717) is 0 Å². The SMILES string of the molecule is Cc1cccc(CNC2=NCCN2C)c1. The molecule has 15 heavy (non-hydrogen) atoms. The third-order valence-electron chi connectivity index (χ3n) is 2.59. The Kier molecular flexibility index (Phi) is 2.90. The van der Waals surface area contributed by atoms with Gasteiger partial charge in [0.1, 0.15) is 0 Å². The van der Waals surface area contributed by atoms with E-state index in [1.165, 1.54) is 11.1 Å². The summed E-state index contributed by atoms with van der Waals surface area (Å²) in [6.45, 7) is 4.90. The van der Waals surface area contributed by atoms with E-state index >= 15 is 0 Å². The Morgan fingerprint density at radius 1 is 1.47 bits per heavy atom. The first-order chi connectivity index (χ1) is 7.25. The summed E-state index contributed by atoms with van der Waals surface area (Å²) in [5, 5.41) is 3.35. The van der Waals surface area contributed by atoms with Crippen molar-refractivity contribution in [3.05, 3.63) is 35.4 Å². The Morgan fingerprint density at radius 3 is 3.00 bits per heavy atom. The molecule has 3 nitrogen and oxygen atoms in total. The van der Waals surface area contributed by atoms with Crippen LogP contribution >= 0.6 is 0 Å². The number of nitrogens with one attached hydrogen (secondary N) is 1. The van der Waals surface area contributed by atoms with Gasteiger partial charge in [0.15, 0.2) is 5.96 Å². The van der Waals surface area contributed by atoms with Crippen LogP contribution < -0.4 is 5.32 Å². The lowest BCUT2D eigenvalue weighted by Gasteiger charge is -2.15. The highest BCUT2D eigenvalue weighted by Gasteiger charge is 2.10. The third-order valence-corrected chi connectivity index (χ3v) is 2.59. The van der Waals surface area contributed by atoms with Gasteiger partial charge in [0.05, 0.1) is 6.54 Å². The van der Waals surface area contributed by atoms with Crippen molar-refractivity contribution in [3.63, 3.8) is 0 Å². The fraction of sp³-hybridized carbons (Fsp3) is 0.417. The Hall–Kier alpha value is -1.51. The second-order valence-corrected chi connectivity index (χ2v) is 3.97. The summed E-state index contributed by atoms with van der Waals surface area (Å²) in [7, 11) is 2.06. The highest BCUT2D eigenvalue weighted by atomic mass is 15.3. The molecule has 1 aliphatic rings. The molecule has 0 unspecified atom stereocenters. The molecule has 0 radical (unpaired) electrons. The maximum absolute atomic E-state index is 4.39. The molecule has 1 aromatic rings. The quantitative estimate of drug-likeness (QED) is 0.786. The molecule has 0 spiro atoms. The largest absolute Gasteiger partial charge is 0.352 e. The molecule has 80 valence electrons. The predicted octanol–water partition coefficient (Wildman–Crippen LogP) is 1.39. The van der Waals surface area contributed by atoms with Crippen molar-refractivity contribution in [2.24, 2.45) is 4.99 Å². The van der Waals surface area contributed by atoms with Gasteiger partial charge in [-0.1, -0.05) is 29.8 Å². The van der Waals surface area contributed by atoms with Gasteiger partial charge in [-0.05, 0) is 12.5 Å². The zero-order chi connectivity index (χ0) is 10.7. The van der Waals surface area contributed by atoms with Crippen LogP contribution in [0.15, 0.2) is 29.3 Å². The monoisotopic (exact) mass is 203 g/mol. The van der Waals surface area contributed by atoms with E-state index in [2.05, 4.69) is 53.4 Å². The van der Waals surface area contributed by atoms with Gasteiger partial charge < -0.3 is 10.2 Å². The first kappa shape index (κ1) is 10.0. The molecule has 1 aromatic carbocycles. The first-order valence-electron chi connectivity index (χ1n) is 5.31. The van der Waals surface area contributed by atoms with Crippen LogP contribution in [0.25, 0.3) is 0 Å². The number of nitrogens with zero attached hydrogens (tertiary/aromatic N) is 2. The van der Waals surface area contributed by atoms with Crippen molar-refractivity contribution in [1.82, 2.24) is 10.2 Å².